The molecule has 2 rings (SSSR count). The van der Waals surface area contributed by atoms with Gasteiger partial charge in [0, 0.05) is 18.7 Å². The van der Waals surface area contributed by atoms with E-state index in [0.29, 0.717) is 12.1 Å². The minimum atomic E-state index is -4.85. The quantitative estimate of drug-likeness (QED) is 0.845. The summed E-state index contributed by atoms with van der Waals surface area (Å²) in [5, 5.41) is 0. The Balaban J connectivity index is 2.31. The van der Waals surface area contributed by atoms with Crippen LogP contribution in [0.25, 0.3) is 0 Å². The number of hydrogen-bond donors (Lipinski definition) is 1. The summed E-state index contributed by atoms with van der Waals surface area (Å²) in [7, 11) is 0. The largest absolute Gasteiger partial charge is 0.419 e. The Morgan fingerprint density at radius 1 is 1.43 bits per heavy atom. The average Bonchev–Trinajstić information content (AvgIpc) is 2.45. The van der Waals surface area contributed by atoms with Crippen LogP contribution in [0.3, 0.4) is 0 Å². The fourth-order valence-corrected chi connectivity index (χ4v) is 2.16. The van der Waals surface area contributed by atoms with Crippen molar-refractivity contribution in [3.8, 4) is 0 Å². The molecule has 1 aromatic carbocycles. The van der Waals surface area contributed by atoms with Crippen LogP contribution in [0.5, 0.6) is 0 Å². The second-order valence-corrected chi connectivity index (χ2v) is 4.66. The van der Waals surface area contributed by atoms with Crippen molar-refractivity contribution in [1.82, 2.24) is 4.90 Å². The summed E-state index contributed by atoms with van der Waals surface area (Å²) < 4.78 is 56.4. The molecule has 1 heterocycles. The monoisotopic (exact) mass is 306 g/mol. The van der Waals surface area contributed by atoms with E-state index in [9.17, 15) is 22.4 Å². The molecular weight excluding hydrogens is 292 g/mol. The van der Waals surface area contributed by atoms with E-state index in [1.807, 2.05) is 0 Å². The molecule has 1 aromatic rings. The summed E-state index contributed by atoms with van der Waals surface area (Å²) >= 11 is 0. The topological polar surface area (TPSA) is 55.6 Å². The molecule has 4 nitrogen and oxygen atoms in total. The average molecular weight is 306 g/mol. The lowest BCUT2D eigenvalue weighted by atomic mass is 10.1. The maximum atomic E-state index is 13.2. The SMILES string of the molecule is NCC1COCCN1C(=O)c1ccc(F)c(C(F)(F)F)c1. The van der Waals surface area contributed by atoms with Gasteiger partial charge in [0.1, 0.15) is 5.82 Å². The Kier molecular flexibility index (Phi) is 4.48. The molecule has 1 amide bonds. The summed E-state index contributed by atoms with van der Waals surface area (Å²) in [6.45, 7) is 0.892. The van der Waals surface area contributed by atoms with Gasteiger partial charge in [0.25, 0.3) is 5.91 Å². The van der Waals surface area contributed by atoms with Crippen molar-refractivity contribution >= 4 is 5.91 Å². The summed E-state index contributed by atoms with van der Waals surface area (Å²) in [5.41, 5.74) is 3.85. The van der Waals surface area contributed by atoms with E-state index in [1.54, 1.807) is 0 Å². The van der Waals surface area contributed by atoms with E-state index in [0.717, 1.165) is 6.07 Å². The zero-order valence-corrected chi connectivity index (χ0v) is 11.0. The third-order valence-corrected chi connectivity index (χ3v) is 3.28. The maximum absolute atomic E-state index is 13.2. The number of morpholine rings is 1. The van der Waals surface area contributed by atoms with Crippen molar-refractivity contribution in [1.29, 1.82) is 0 Å². The van der Waals surface area contributed by atoms with Gasteiger partial charge in [0.2, 0.25) is 0 Å². The summed E-state index contributed by atoms with van der Waals surface area (Å²) in [5.74, 6) is -2.02. The van der Waals surface area contributed by atoms with Crippen LogP contribution in [0.1, 0.15) is 15.9 Å². The molecule has 2 N–H and O–H groups in total. The van der Waals surface area contributed by atoms with Crippen molar-refractivity contribution in [2.24, 2.45) is 5.73 Å². The first-order valence-electron chi connectivity index (χ1n) is 6.30. The number of rotatable bonds is 2. The first-order chi connectivity index (χ1) is 9.84. The van der Waals surface area contributed by atoms with Gasteiger partial charge in [-0.05, 0) is 18.2 Å². The van der Waals surface area contributed by atoms with Crippen LogP contribution in [-0.2, 0) is 10.9 Å². The van der Waals surface area contributed by atoms with Gasteiger partial charge in [0.05, 0.1) is 24.8 Å². The molecule has 1 fully saturated rings. The Morgan fingerprint density at radius 3 is 2.76 bits per heavy atom. The molecule has 0 aromatic heterocycles. The van der Waals surface area contributed by atoms with Gasteiger partial charge in [0.15, 0.2) is 0 Å². The van der Waals surface area contributed by atoms with Crippen molar-refractivity contribution in [2.45, 2.75) is 12.2 Å². The highest BCUT2D eigenvalue weighted by Crippen LogP contribution is 2.32. The lowest BCUT2D eigenvalue weighted by Crippen LogP contribution is -2.52. The van der Waals surface area contributed by atoms with Gasteiger partial charge in [-0.15, -0.1) is 0 Å². The zero-order chi connectivity index (χ0) is 15.6. The highest BCUT2D eigenvalue weighted by Gasteiger charge is 2.35. The van der Waals surface area contributed by atoms with E-state index in [1.165, 1.54) is 4.90 Å². The molecule has 8 heteroatoms. The fraction of sp³-hybridized carbons (Fsp3) is 0.462. The smallest absolute Gasteiger partial charge is 0.377 e. The van der Waals surface area contributed by atoms with Gasteiger partial charge in [-0.1, -0.05) is 0 Å². The first kappa shape index (κ1) is 15.7. The van der Waals surface area contributed by atoms with Crippen LogP contribution in [0.2, 0.25) is 0 Å². The third-order valence-electron chi connectivity index (χ3n) is 3.28. The molecule has 0 spiro atoms. The highest BCUT2D eigenvalue weighted by molar-refractivity contribution is 5.94. The van der Waals surface area contributed by atoms with Crippen LogP contribution in [0.15, 0.2) is 18.2 Å². The lowest BCUT2D eigenvalue weighted by Gasteiger charge is -2.35. The molecule has 1 saturated heterocycles. The van der Waals surface area contributed by atoms with Crippen LogP contribution in [-0.4, -0.2) is 43.2 Å². The number of halogens is 4. The van der Waals surface area contributed by atoms with Gasteiger partial charge in [-0.3, -0.25) is 4.79 Å². The molecule has 0 saturated carbocycles. The molecule has 1 aliphatic heterocycles. The number of nitrogens with two attached hydrogens (primary N) is 1. The molecule has 116 valence electrons. The van der Waals surface area contributed by atoms with Crippen molar-refractivity contribution < 1.29 is 27.1 Å². The Morgan fingerprint density at radius 2 is 2.14 bits per heavy atom. The van der Waals surface area contributed by atoms with Crippen LogP contribution in [0.4, 0.5) is 17.6 Å². The van der Waals surface area contributed by atoms with Gasteiger partial charge in [-0.25, -0.2) is 4.39 Å². The predicted molar refractivity (Wildman–Crippen MR) is 66.1 cm³/mol. The van der Waals surface area contributed by atoms with E-state index in [-0.39, 0.29) is 31.9 Å². The van der Waals surface area contributed by atoms with Gasteiger partial charge < -0.3 is 15.4 Å². The molecule has 21 heavy (non-hydrogen) atoms. The van der Waals surface area contributed by atoms with Crippen LogP contribution >= 0.6 is 0 Å². The van der Waals surface area contributed by atoms with Crippen molar-refractivity contribution in [2.75, 3.05) is 26.3 Å². The molecule has 0 radical (unpaired) electrons. The first-order valence-corrected chi connectivity index (χ1v) is 6.30. The van der Waals surface area contributed by atoms with Crippen molar-refractivity contribution in [3.63, 3.8) is 0 Å². The van der Waals surface area contributed by atoms with Gasteiger partial charge in [-0.2, -0.15) is 13.2 Å². The minimum absolute atomic E-state index is 0.138. The normalized spacial score (nSPS) is 19.7. The second kappa shape index (κ2) is 5.98. The standard InChI is InChI=1S/C13H14F4N2O2/c14-11-2-1-8(5-10(11)13(15,16)17)12(20)19-3-4-21-7-9(19)6-18/h1-2,5,9H,3-4,6-7,18H2. The number of nitrogens with zero attached hydrogens (tertiary/aromatic N) is 1. The van der Waals surface area contributed by atoms with E-state index in [2.05, 4.69) is 0 Å². The van der Waals surface area contributed by atoms with Crippen LogP contribution < -0.4 is 5.73 Å². The third kappa shape index (κ3) is 3.33. The van der Waals surface area contributed by atoms with Crippen molar-refractivity contribution in [3.05, 3.63) is 35.1 Å². The number of hydrogen-bond acceptors (Lipinski definition) is 3. The van der Waals surface area contributed by atoms with E-state index in [4.69, 9.17) is 10.5 Å². The highest BCUT2D eigenvalue weighted by atomic mass is 19.4. The number of carbonyl (C=O) groups excluding carboxylic acids is 1. The molecule has 1 aliphatic rings. The Bertz CT molecular complexity index is 533. The molecule has 0 bridgehead atoms. The van der Waals surface area contributed by atoms with Crippen LogP contribution in [0, 0.1) is 5.82 Å². The lowest BCUT2D eigenvalue weighted by molar-refractivity contribution is -0.140. The minimum Gasteiger partial charge on any atom is -0.377 e. The Labute approximate surface area is 118 Å². The molecular formula is C13H14F4N2O2. The summed E-state index contributed by atoms with van der Waals surface area (Å²) in [4.78, 5) is 13.6. The van der Waals surface area contributed by atoms with E-state index < -0.39 is 29.5 Å². The number of ether oxygens (including phenoxy) is 1. The molecule has 0 aliphatic carbocycles. The Hall–Kier alpha value is -1.67. The van der Waals surface area contributed by atoms with E-state index >= 15 is 0 Å². The number of carbonyl (C=O) groups is 1. The summed E-state index contributed by atoms with van der Waals surface area (Å²) in [6, 6.07) is 1.82. The maximum Gasteiger partial charge on any atom is 0.419 e. The fourth-order valence-electron chi connectivity index (χ4n) is 2.16. The molecule has 1 unspecified atom stereocenters. The zero-order valence-electron chi connectivity index (χ0n) is 11.0. The molecule has 1 atom stereocenters. The number of benzene rings is 1. The van der Waals surface area contributed by atoms with Gasteiger partial charge >= 0.3 is 6.18 Å². The predicted octanol–water partition coefficient (Wildman–Crippen LogP) is 1.64. The summed E-state index contributed by atoms with van der Waals surface area (Å²) in [6.07, 6.45) is -4.85. The number of alkyl halides is 3. The number of amides is 1. The second-order valence-electron chi connectivity index (χ2n) is 4.66.